The molecule has 0 aromatic heterocycles. The number of ketones is 1. The van der Waals surface area contributed by atoms with Gasteiger partial charge in [-0.1, -0.05) is 13.8 Å². The van der Waals surface area contributed by atoms with Gasteiger partial charge >= 0.3 is 0 Å². The first-order valence-corrected chi connectivity index (χ1v) is 5.50. The number of ether oxygens (including phenoxy) is 1. The van der Waals surface area contributed by atoms with Gasteiger partial charge in [0.05, 0.1) is 7.11 Å². The van der Waals surface area contributed by atoms with E-state index in [4.69, 9.17) is 10.5 Å². The van der Waals surface area contributed by atoms with Crippen LogP contribution in [0.2, 0.25) is 0 Å². The Hall–Kier alpha value is -1.35. The van der Waals surface area contributed by atoms with Crippen LogP contribution in [0.1, 0.15) is 42.1 Å². The number of methoxy groups -OCH3 is 1. The van der Waals surface area contributed by atoms with Crippen molar-refractivity contribution in [2.45, 2.75) is 26.2 Å². The van der Waals surface area contributed by atoms with Gasteiger partial charge in [-0.3, -0.25) is 4.79 Å². The van der Waals surface area contributed by atoms with Crippen molar-refractivity contribution in [1.29, 1.82) is 0 Å². The van der Waals surface area contributed by atoms with Crippen molar-refractivity contribution < 1.29 is 9.53 Å². The summed E-state index contributed by atoms with van der Waals surface area (Å²) >= 11 is 0. The van der Waals surface area contributed by atoms with Crippen LogP contribution in [0.4, 0.5) is 0 Å². The van der Waals surface area contributed by atoms with E-state index >= 15 is 0 Å². The van der Waals surface area contributed by atoms with Crippen LogP contribution in [0, 0.1) is 0 Å². The lowest BCUT2D eigenvalue weighted by molar-refractivity contribution is 0.0985. The summed E-state index contributed by atoms with van der Waals surface area (Å²) in [7, 11) is 1.61. The normalized spacial score (nSPS) is 10.6. The molecular weight excluding hydrogens is 202 g/mol. The largest absolute Gasteiger partial charge is 0.497 e. The molecule has 1 rings (SSSR count). The van der Waals surface area contributed by atoms with E-state index in [2.05, 4.69) is 13.8 Å². The molecule has 3 heteroatoms. The quantitative estimate of drug-likeness (QED) is 0.776. The van der Waals surface area contributed by atoms with E-state index in [-0.39, 0.29) is 5.78 Å². The van der Waals surface area contributed by atoms with Crippen molar-refractivity contribution in [1.82, 2.24) is 0 Å². The highest BCUT2D eigenvalue weighted by Crippen LogP contribution is 2.23. The first-order chi connectivity index (χ1) is 7.58. The highest BCUT2D eigenvalue weighted by Gasteiger charge is 2.10. The molecule has 2 N–H and O–H groups in total. The number of rotatable bonds is 5. The van der Waals surface area contributed by atoms with E-state index in [1.165, 1.54) is 0 Å². The SMILES string of the molecule is COc1cc(C(=O)CCN)cc(C(C)C)c1. The lowest BCUT2D eigenvalue weighted by atomic mass is 9.98. The van der Waals surface area contributed by atoms with Gasteiger partial charge in [0.2, 0.25) is 0 Å². The van der Waals surface area contributed by atoms with Crippen LogP contribution >= 0.6 is 0 Å². The van der Waals surface area contributed by atoms with Crippen LogP contribution in [0.15, 0.2) is 18.2 Å². The summed E-state index contributed by atoms with van der Waals surface area (Å²) < 4.78 is 5.19. The zero-order chi connectivity index (χ0) is 12.1. The molecule has 0 fully saturated rings. The molecular formula is C13H19NO2. The molecule has 0 aliphatic carbocycles. The molecule has 1 aromatic carbocycles. The third-order valence-corrected chi connectivity index (χ3v) is 2.52. The number of hydrogen-bond donors (Lipinski definition) is 1. The molecule has 0 atom stereocenters. The Kier molecular flexibility index (Phi) is 4.50. The standard InChI is InChI=1S/C13H19NO2/c1-9(2)10-6-11(13(15)4-5-14)8-12(7-10)16-3/h6-9H,4-5,14H2,1-3H3. The summed E-state index contributed by atoms with van der Waals surface area (Å²) in [5, 5.41) is 0. The second-order valence-corrected chi connectivity index (χ2v) is 4.11. The number of hydrogen-bond acceptors (Lipinski definition) is 3. The van der Waals surface area contributed by atoms with Gasteiger partial charge in [0.25, 0.3) is 0 Å². The maximum absolute atomic E-state index is 11.8. The first-order valence-electron chi connectivity index (χ1n) is 5.50. The predicted molar refractivity (Wildman–Crippen MR) is 65.1 cm³/mol. The Balaban J connectivity index is 3.08. The van der Waals surface area contributed by atoms with Crippen molar-refractivity contribution >= 4 is 5.78 Å². The van der Waals surface area contributed by atoms with Crippen molar-refractivity contribution in [3.8, 4) is 5.75 Å². The minimum atomic E-state index is 0.0725. The van der Waals surface area contributed by atoms with Crippen LogP contribution in [-0.2, 0) is 0 Å². The van der Waals surface area contributed by atoms with E-state index in [1.54, 1.807) is 13.2 Å². The number of benzene rings is 1. The van der Waals surface area contributed by atoms with E-state index in [9.17, 15) is 4.79 Å². The van der Waals surface area contributed by atoms with E-state index < -0.39 is 0 Å². The lowest BCUT2D eigenvalue weighted by Gasteiger charge is -2.10. The average Bonchev–Trinajstić information content (AvgIpc) is 2.28. The minimum absolute atomic E-state index is 0.0725. The molecule has 0 amide bonds. The molecule has 16 heavy (non-hydrogen) atoms. The van der Waals surface area contributed by atoms with Gasteiger partial charge in [-0.05, 0) is 36.2 Å². The molecule has 1 aromatic rings. The molecule has 0 radical (unpaired) electrons. The topological polar surface area (TPSA) is 52.3 Å². The summed E-state index contributed by atoms with van der Waals surface area (Å²) in [6, 6.07) is 5.65. The molecule has 0 saturated carbocycles. The van der Waals surface area contributed by atoms with Gasteiger partial charge in [0.15, 0.2) is 5.78 Å². The Labute approximate surface area is 96.6 Å². The van der Waals surface area contributed by atoms with Crippen LogP contribution in [0.3, 0.4) is 0 Å². The third-order valence-electron chi connectivity index (χ3n) is 2.52. The molecule has 0 bridgehead atoms. The first kappa shape index (κ1) is 12.7. The monoisotopic (exact) mass is 221 g/mol. The Morgan fingerprint density at radius 1 is 1.38 bits per heavy atom. The Bertz CT molecular complexity index is 372. The molecule has 0 spiro atoms. The Morgan fingerprint density at radius 3 is 2.56 bits per heavy atom. The molecule has 3 nitrogen and oxygen atoms in total. The minimum Gasteiger partial charge on any atom is -0.497 e. The molecule has 0 heterocycles. The van der Waals surface area contributed by atoms with Gasteiger partial charge < -0.3 is 10.5 Å². The second-order valence-electron chi connectivity index (χ2n) is 4.11. The fourth-order valence-corrected chi connectivity index (χ4v) is 1.51. The molecule has 88 valence electrons. The number of Topliss-reactive ketones (excluding diaryl/α,β-unsaturated/α-hetero) is 1. The van der Waals surface area contributed by atoms with Crippen LogP contribution in [0.25, 0.3) is 0 Å². The van der Waals surface area contributed by atoms with Crippen LogP contribution in [0.5, 0.6) is 5.75 Å². The van der Waals surface area contributed by atoms with E-state index in [1.807, 2.05) is 12.1 Å². The zero-order valence-corrected chi connectivity index (χ0v) is 10.1. The number of carbonyl (C=O) groups excluding carboxylic acids is 1. The van der Waals surface area contributed by atoms with Gasteiger partial charge in [-0.15, -0.1) is 0 Å². The second kappa shape index (κ2) is 5.66. The smallest absolute Gasteiger partial charge is 0.164 e. The third kappa shape index (κ3) is 3.07. The van der Waals surface area contributed by atoms with E-state index in [0.29, 0.717) is 24.4 Å². The number of carbonyl (C=O) groups is 1. The van der Waals surface area contributed by atoms with Crippen molar-refractivity contribution in [2.75, 3.05) is 13.7 Å². The summed E-state index contributed by atoms with van der Waals surface area (Å²) in [5.41, 5.74) is 7.18. The highest BCUT2D eigenvalue weighted by atomic mass is 16.5. The lowest BCUT2D eigenvalue weighted by Crippen LogP contribution is -2.09. The summed E-state index contributed by atoms with van der Waals surface area (Å²) in [6.07, 6.45) is 0.380. The fraction of sp³-hybridized carbons (Fsp3) is 0.462. The summed E-state index contributed by atoms with van der Waals surface area (Å²) in [6.45, 7) is 4.56. The predicted octanol–water partition coefficient (Wildman–Crippen LogP) is 2.35. The van der Waals surface area contributed by atoms with Gasteiger partial charge in [0, 0.05) is 12.0 Å². The van der Waals surface area contributed by atoms with Crippen molar-refractivity contribution in [2.24, 2.45) is 5.73 Å². The summed E-state index contributed by atoms with van der Waals surface area (Å²) in [4.78, 5) is 11.8. The van der Waals surface area contributed by atoms with Gasteiger partial charge in [-0.25, -0.2) is 0 Å². The molecule has 0 aliphatic rings. The maximum Gasteiger partial charge on any atom is 0.164 e. The maximum atomic E-state index is 11.8. The van der Waals surface area contributed by atoms with Gasteiger partial charge in [0.1, 0.15) is 5.75 Å². The highest BCUT2D eigenvalue weighted by molar-refractivity contribution is 5.96. The van der Waals surface area contributed by atoms with Crippen molar-refractivity contribution in [3.63, 3.8) is 0 Å². The Morgan fingerprint density at radius 2 is 2.06 bits per heavy atom. The van der Waals surface area contributed by atoms with Crippen LogP contribution in [-0.4, -0.2) is 19.4 Å². The molecule has 0 unspecified atom stereocenters. The fourth-order valence-electron chi connectivity index (χ4n) is 1.51. The molecule has 0 aliphatic heterocycles. The van der Waals surface area contributed by atoms with Gasteiger partial charge in [-0.2, -0.15) is 0 Å². The summed E-state index contributed by atoms with van der Waals surface area (Å²) in [5.74, 6) is 1.18. The number of nitrogens with two attached hydrogens (primary N) is 1. The van der Waals surface area contributed by atoms with Crippen LogP contribution < -0.4 is 10.5 Å². The van der Waals surface area contributed by atoms with E-state index in [0.717, 1.165) is 11.3 Å². The zero-order valence-electron chi connectivity index (χ0n) is 10.1. The van der Waals surface area contributed by atoms with Crippen molar-refractivity contribution in [3.05, 3.63) is 29.3 Å². The average molecular weight is 221 g/mol. The molecule has 0 saturated heterocycles.